The standard InChI is InChI=1S/C14H15F2NO2/c1-10(12-7-4-8-18-12)17-9-11-5-2-3-6-13(11)19-14(15)16/h2-8,10,14,17H,9H2,1H3/t10-/m1/s1. The zero-order valence-electron chi connectivity index (χ0n) is 10.5. The first-order valence-electron chi connectivity index (χ1n) is 5.96. The lowest BCUT2D eigenvalue weighted by molar-refractivity contribution is -0.0505. The van der Waals surface area contributed by atoms with Crippen LogP contribution in [0.15, 0.2) is 47.1 Å². The van der Waals surface area contributed by atoms with Gasteiger partial charge in [-0.25, -0.2) is 0 Å². The summed E-state index contributed by atoms with van der Waals surface area (Å²) in [5, 5.41) is 3.20. The Hall–Kier alpha value is -1.88. The van der Waals surface area contributed by atoms with E-state index in [1.54, 1.807) is 30.5 Å². The molecule has 3 nitrogen and oxygen atoms in total. The summed E-state index contributed by atoms with van der Waals surface area (Å²) in [5.41, 5.74) is 0.682. The van der Waals surface area contributed by atoms with E-state index in [4.69, 9.17) is 4.42 Å². The summed E-state index contributed by atoms with van der Waals surface area (Å²) in [6, 6.07) is 10.4. The summed E-state index contributed by atoms with van der Waals surface area (Å²) in [6.07, 6.45) is 1.60. The molecular formula is C14H15F2NO2. The van der Waals surface area contributed by atoms with E-state index in [-0.39, 0.29) is 11.8 Å². The molecular weight excluding hydrogens is 252 g/mol. The molecule has 0 unspecified atom stereocenters. The summed E-state index contributed by atoms with van der Waals surface area (Å²) >= 11 is 0. The van der Waals surface area contributed by atoms with Crippen molar-refractivity contribution in [3.63, 3.8) is 0 Å². The first-order valence-corrected chi connectivity index (χ1v) is 5.96. The van der Waals surface area contributed by atoms with E-state index in [0.717, 1.165) is 5.76 Å². The molecule has 102 valence electrons. The summed E-state index contributed by atoms with van der Waals surface area (Å²) in [6.45, 7) is -0.455. The second-order valence-electron chi connectivity index (χ2n) is 4.10. The van der Waals surface area contributed by atoms with E-state index in [1.807, 2.05) is 13.0 Å². The van der Waals surface area contributed by atoms with Crippen molar-refractivity contribution >= 4 is 0 Å². The van der Waals surface area contributed by atoms with Gasteiger partial charge in [-0.05, 0) is 25.1 Å². The van der Waals surface area contributed by atoms with Crippen molar-refractivity contribution in [1.82, 2.24) is 5.32 Å². The average Bonchev–Trinajstić information content (AvgIpc) is 2.90. The fourth-order valence-electron chi connectivity index (χ4n) is 1.76. The van der Waals surface area contributed by atoms with Crippen molar-refractivity contribution in [2.24, 2.45) is 0 Å². The second kappa shape index (κ2) is 6.33. The molecule has 1 N–H and O–H groups in total. The van der Waals surface area contributed by atoms with Gasteiger partial charge in [0, 0.05) is 12.1 Å². The minimum absolute atomic E-state index is 0.00499. The molecule has 0 spiro atoms. The summed E-state index contributed by atoms with van der Waals surface area (Å²) in [7, 11) is 0. The number of para-hydroxylation sites is 1. The van der Waals surface area contributed by atoms with Crippen LogP contribution in [-0.4, -0.2) is 6.61 Å². The first-order chi connectivity index (χ1) is 9.16. The van der Waals surface area contributed by atoms with Crippen LogP contribution in [0.3, 0.4) is 0 Å². The van der Waals surface area contributed by atoms with E-state index in [1.165, 1.54) is 6.07 Å². The Morgan fingerprint density at radius 3 is 2.68 bits per heavy atom. The van der Waals surface area contributed by atoms with Crippen LogP contribution in [0.5, 0.6) is 5.75 Å². The van der Waals surface area contributed by atoms with E-state index >= 15 is 0 Å². The Labute approximate surface area is 110 Å². The lowest BCUT2D eigenvalue weighted by Gasteiger charge is -2.14. The van der Waals surface area contributed by atoms with Crippen LogP contribution in [-0.2, 0) is 6.54 Å². The SMILES string of the molecule is C[C@@H](NCc1ccccc1OC(F)F)c1ccco1. The minimum atomic E-state index is -2.82. The van der Waals surface area contributed by atoms with Crippen molar-refractivity contribution in [2.75, 3.05) is 0 Å². The van der Waals surface area contributed by atoms with Gasteiger partial charge < -0.3 is 14.5 Å². The summed E-state index contributed by atoms with van der Waals surface area (Å²) in [4.78, 5) is 0. The van der Waals surface area contributed by atoms with Crippen molar-refractivity contribution < 1.29 is 17.9 Å². The van der Waals surface area contributed by atoms with Gasteiger partial charge in [-0.2, -0.15) is 8.78 Å². The van der Waals surface area contributed by atoms with Gasteiger partial charge in [0.25, 0.3) is 0 Å². The van der Waals surface area contributed by atoms with Crippen LogP contribution in [0.2, 0.25) is 0 Å². The fraction of sp³-hybridized carbons (Fsp3) is 0.286. The predicted octanol–water partition coefficient (Wildman–Crippen LogP) is 3.73. The van der Waals surface area contributed by atoms with Gasteiger partial charge in [-0.15, -0.1) is 0 Å². The first kappa shape index (κ1) is 13.5. The van der Waals surface area contributed by atoms with Crippen molar-refractivity contribution in [3.05, 3.63) is 54.0 Å². The van der Waals surface area contributed by atoms with Crippen molar-refractivity contribution in [1.29, 1.82) is 0 Å². The summed E-state index contributed by atoms with van der Waals surface area (Å²) < 4.78 is 34.3. The normalized spacial score (nSPS) is 12.6. The van der Waals surface area contributed by atoms with Gasteiger partial charge in [0.05, 0.1) is 12.3 Å². The molecule has 0 aliphatic heterocycles. The van der Waals surface area contributed by atoms with Crippen LogP contribution in [0.1, 0.15) is 24.3 Å². The quantitative estimate of drug-likeness (QED) is 0.866. The summed E-state index contributed by atoms with van der Waals surface area (Å²) in [5.74, 6) is 0.990. The maximum Gasteiger partial charge on any atom is 0.387 e. The molecule has 0 amide bonds. The van der Waals surface area contributed by atoms with Crippen LogP contribution >= 0.6 is 0 Å². The second-order valence-corrected chi connectivity index (χ2v) is 4.10. The highest BCUT2D eigenvalue weighted by Crippen LogP contribution is 2.21. The van der Waals surface area contributed by atoms with Gasteiger partial charge in [-0.3, -0.25) is 0 Å². The van der Waals surface area contributed by atoms with E-state index in [2.05, 4.69) is 10.1 Å². The zero-order valence-corrected chi connectivity index (χ0v) is 10.5. The zero-order chi connectivity index (χ0) is 13.7. The molecule has 2 aromatic rings. The topological polar surface area (TPSA) is 34.4 Å². The molecule has 5 heteroatoms. The third kappa shape index (κ3) is 3.79. The molecule has 19 heavy (non-hydrogen) atoms. The molecule has 0 saturated carbocycles. The number of alkyl halides is 2. The van der Waals surface area contributed by atoms with Gasteiger partial charge in [-0.1, -0.05) is 18.2 Å². The Kier molecular flexibility index (Phi) is 4.52. The lowest BCUT2D eigenvalue weighted by Crippen LogP contribution is -2.18. The Morgan fingerprint density at radius 1 is 1.21 bits per heavy atom. The minimum Gasteiger partial charge on any atom is -0.468 e. The maximum atomic E-state index is 12.3. The predicted molar refractivity (Wildman–Crippen MR) is 67.0 cm³/mol. The average molecular weight is 267 g/mol. The highest BCUT2D eigenvalue weighted by Gasteiger charge is 2.11. The van der Waals surface area contributed by atoms with Gasteiger partial charge in [0.2, 0.25) is 0 Å². The largest absolute Gasteiger partial charge is 0.468 e. The van der Waals surface area contributed by atoms with Gasteiger partial charge >= 0.3 is 6.61 Å². The number of furan rings is 1. The molecule has 1 heterocycles. The smallest absolute Gasteiger partial charge is 0.387 e. The number of halogens is 2. The number of nitrogens with one attached hydrogen (secondary N) is 1. The van der Waals surface area contributed by atoms with Gasteiger partial charge in [0.1, 0.15) is 11.5 Å². The lowest BCUT2D eigenvalue weighted by atomic mass is 10.2. The highest BCUT2D eigenvalue weighted by atomic mass is 19.3. The molecule has 0 aliphatic carbocycles. The molecule has 1 aromatic carbocycles. The third-order valence-electron chi connectivity index (χ3n) is 2.76. The molecule has 1 atom stereocenters. The number of hydrogen-bond acceptors (Lipinski definition) is 3. The molecule has 0 bridgehead atoms. The highest BCUT2D eigenvalue weighted by molar-refractivity contribution is 5.33. The molecule has 0 aliphatic rings. The monoisotopic (exact) mass is 267 g/mol. The van der Waals surface area contributed by atoms with Crippen LogP contribution < -0.4 is 10.1 Å². The fourth-order valence-corrected chi connectivity index (χ4v) is 1.76. The molecule has 0 radical (unpaired) electrons. The molecule has 2 rings (SSSR count). The number of rotatable bonds is 6. The maximum absolute atomic E-state index is 12.3. The van der Waals surface area contributed by atoms with Gasteiger partial charge in [0.15, 0.2) is 0 Å². The third-order valence-corrected chi connectivity index (χ3v) is 2.76. The van der Waals surface area contributed by atoms with E-state index in [0.29, 0.717) is 12.1 Å². The number of benzene rings is 1. The van der Waals surface area contributed by atoms with E-state index < -0.39 is 6.61 Å². The van der Waals surface area contributed by atoms with Crippen molar-refractivity contribution in [2.45, 2.75) is 26.1 Å². The molecule has 1 aromatic heterocycles. The number of ether oxygens (including phenoxy) is 1. The van der Waals surface area contributed by atoms with Crippen molar-refractivity contribution in [3.8, 4) is 5.75 Å². The van der Waals surface area contributed by atoms with Crippen LogP contribution in [0.25, 0.3) is 0 Å². The Bertz CT molecular complexity index is 500. The van der Waals surface area contributed by atoms with E-state index in [9.17, 15) is 8.78 Å². The Balaban J connectivity index is 1.99. The van der Waals surface area contributed by atoms with Crippen LogP contribution in [0, 0.1) is 0 Å². The molecule has 0 fully saturated rings. The number of hydrogen-bond donors (Lipinski definition) is 1. The molecule has 0 saturated heterocycles. The Morgan fingerprint density at radius 2 is 2.00 bits per heavy atom. The van der Waals surface area contributed by atoms with Crippen LogP contribution in [0.4, 0.5) is 8.78 Å².